The number of nitrogens with zero attached hydrogens (tertiary/aromatic N) is 2. The molecular formula is C25H34N4O5. The fourth-order valence-corrected chi connectivity index (χ4v) is 5.33. The molecule has 3 amide bonds. The molecule has 3 saturated heterocycles. The van der Waals surface area contributed by atoms with Gasteiger partial charge >= 0.3 is 5.97 Å². The zero-order valence-electron chi connectivity index (χ0n) is 19.5. The van der Waals surface area contributed by atoms with E-state index < -0.39 is 5.97 Å². The molecule has 9 heteroatoms. The predicted molar refractivity (Wildman–Crippen MR) is 126 cm³/mol. The molecule has 3 fully saturated rings. The third-order valence-electron chi connectivity index (χ3n) is 7.38. The minimum Gasteiger partial charge on any atom is -0.481 e. The molecule has 0 spiro atoms. The highest BCUT2D eigenvalue weighted by Crippen LogP contribution is 2.31. The minimum atomic E-state index is -0.925. The number of aliphatic carboxylic acids is 1. The number of carbonyl (C=O) groups is 4. The van der Waals surface area contributed by atoms with Crippen LogP contribution >= 0.6 is 0 Å². The monoisotopic (exact) mass is 470 g/mol. The molecule has 9 nitrogen and oxygen atoms in total. The molecule has 34 heavy (non-hydrogen) atoms. The summed E-state index contributed by atoms with van der Waals surface area (Å²) in [6.45, 7) is 3.51. The summed E-state index contributed by atoms with van der Waals surface area (Å²) in [5.74, 6) is -0.928. The van der Waals surface area contributed by atoms with Crippen LogP contribution < -0.4 is 10.6 Å². The number of likely N-dealkylation sites (tertiary alicyclic amines) is 2. The van der Waals surface area contributed by atoms with Crippen molar-refractivity contribution in [1.82, 2.24) is 15.1 Å². The lowest BCUT2D eigenvalue weighted by molar-refractivity contribution is -0.141. The predicted octanol–water partition coefficient (Wildman–Crippen LogP) is 1.94. The Hall–Kier alpha value is -2.94. The number of carboxylic acid groups (broad SMARTS) is 1. The molecule has 1 aromatic carbocycles. The topological polar surface area (TPSA) is 119 Å². The largest absolute Gasteiger partial charge is 0.481 e. The van der Waals surface area contributed by atoms with Crippen molar-refractivity contribution in [1.29, 1.82) is 0 Å². The van der Waals surface area contributed by atoms with Gasteiger partial charge in [0, 0.05) is 37.7 Å². The van der Waals surface area contributed by atoms with Crippen molar-refractivity contribution in [2.45, 2.75) is 69.4 Å². The Morgan fingerprint density at radius 3 is 2.24 bits per heavy atom. The average molecular weight is 471 g/mol. The van der Waals surface area contributed by atoms with Gasteiger partial charge in [0.05, 0.1) is 6.42 Å². The second-order valence-corrected chi connectivity index (χ2v) is 9.59. The first-order chi connectivity index (χ1) is 16.4. The van der Waals surface area contributed by atoms with Crippen molar-refractivity contribution in [3.63, 3.8) is 0 Å². The van der Waals surface area contributed by atoms with Crippen molar-refractivity contribution in [2.75, 3.05) is 31.5 Å². The molecule has 4 rings (SSSR count). The van der Waals surface area contributed by atoms with Crippen LogP contribution in [0.3, 0.4) is 0 Å². The second kappa shape index (κ2) is 11.0. The van der Waals surface area contributed by atoms with Crippen LogP contribution in [-0.4, -0.2) is 76.9 Å². The lowest BCUT2D eigenvalue weighted by Gasteiger charge is -2.42. The normalized spacial score (nSPS) is 22.9. The molecule has 3 heterocycles. The van der Waals surface area contributed by atoms with Gasteiger partial charge < -0.3 is 20.2 Å². The van der Waals surface area contributed by atoms with Crippen molar-refractivity contribution in [3.05, 3.63) is 29.8 Å². The van der Waals surface area contributed by atoms with Gasteiger partial charge in [0.2, 0.25) is 17.7 Å². The first kappa shape index (κ1) is 24.2. The number of benzene rings is 1. The number of carbonyl (C=O) groups excluding carboxylic acids is 3. The summed E-state index contributed by atoms with van der Waals surface area (Å²) < 4.78 is 0. The SMILES string of the molecule is O=C(O)CCC(=O)N1CCC(N2CCC(c3ccc(NC4CCC(=O)NC4=O)cc3)CC2)CC1. The summed E-state index contributed by atoms with van der Waals surface area (Å²) in [4.78, 5) is 50.5. The highest BCUT2D eigenvalue weighted by Gasteiger charge is 2.30. The van der Waals surface area contributed by atoms with Gasteiger partial charge in [-0.2, -0.15) is 0 Å². The molecule has 0 saturated carbocycles. The van der Waals surface area contributed by atoms with Crippen LogP contribution in [0.4, 0.5) is 5.69 Å². The number of piperidine rings is 3. The van der Waals surface area contributed by atoms with Gasteiger partial charge in [0.15, 0.2) is 0 Å². The van der Waals surface area contributed by atoms with E-state index in [0.29, 0.717) is 37.9 Å². The minimum absolute atomic E-state index is 0.0462. The van der Waals surface area contributed by atoms with Crippen molar-refractivity contribution < 1.29 is 24.3 Å². The number of hydrogen-bond donors (Lipinski definition) is 3. The number of rotatable bonds is 7. The Bertz CT molecular complexity index is 902. The maximum atomic E-state index is 12.2. The standard InChI is InChI=1S/C25H34N4O5/c30-22-6-5-21(25(34)27-22)26-19-3-1-17(2-4-19)18-9-13-28(14-10-18)20-11-15-29(16-12-20)23(31)7-8-24(32)33/h1-4,18,20-21,26H,5-16H2,(H,32,33)(H,27,30,34). The van der Waals surface area contributed by atoms with Crippen LogP contribution in [0.2, 0.25) is 0 Å². The number of hydrogen-bond acceptors (Lipinski definition) is 6. The number of imide groups is 1. The Morgan fingerprint density at radius 2 is 1.62 bits per heavy atom. The third-order valence-corrected chi connectivity index (χ3v) is 7.38. The molecule has 0 aromatic heterocycles. The average Bonchev–Trinajstić information content (AvgIpc) is 2.85. The summed E-state index contributed by atoms with van der Waals surface area (Å²) in [6, 6.07) is 8.42. The first-order valence-electron chi connectivity index (χ1n) is 12.3. The van der Waals surface area contributed by atoms with Crippen molar-refractivity contribution in [2.24, 2.45) is 0 Å². The molecule has 3 aliphatic rings. The van der Waals surface area contributed by atoms with Gasteiger partial charge in [-0.1, -0.05) is 12.1 Å². The summed E-state index contributed by atoms with van der Waals surface area (Å²) >= 11 is 0. The molecule has 3 aliphatic heterocycles. The zero-order chi connectivity index (χ0) is 24.1. The summed E-state index contributed by atoms with van der Waals surface area (Å²) in [7, 11) is 0. The quantitative estimate of drug-likeness (QED) is 0.521. The van der Waals surface area contributed by atoms with Crippen LogP contribution in [0, 0.1) is 0 Å². The second-order valence-electron chi connectivity index (χ2n) is 9.59. The number of carboxylic acids is 1. The van der Waals surface area contributed by atoms with Gasteiger partial charge in [0.1, 0.15) is 6.04 Å². The van der Waals surface area contributed by atoms with Gasteiger partial charge in [-0.15, -0.1) is 0 Å². The van der Waals surface area contributed by atoms with E-state index in [9.17, 15) is 19.2 Å². The third kappa shape index (κ3) is 6.14. The van der Waals surface area contributed by atoms with Gasteiger partial charge in [-0.25, -0.2) is 0 Å². The maximum Gasteiger partial charge on any atom is 0.303 e. The van der Waals surface area contributed by atoms with Crippen LogP contribution in [-0.2, 0) is 19.2 Å². The highest BCUT2D eigenvalue weighted by atomic mass is 16.4. The summed E-state index contributed by atoms with van der Waals surface area (Å²) in [5.41, 5.74) is 2.20. The van der Waals surface area contributed by atoms with E-state index in [0.717, 1.165) is 44.5 Å². The van der Waals surface area contributed by atoms with Crippen LogP contribution in [0.5, 0.6) is 0 Å². The van der Waals surface area contributed by atoms with Crippen LogP contribution in [0.25, 0.3) is 0 Å². The van der Waals surface area contributed by atoms with E-state index in [4.69, 9.17) is 5.11 Å². The molecule has 184 valence electrons. The Kier molecular flexibility index (Phi) is 7.82. The van der Waals surface area contributed by atoms with Gasteiger partial charge in [-0.3, -0.25) is 24.5 Å². The van der Waals surface area contributed by atoms with E-state index in [-0.39, 0.29) is 36.6 Å². The molecule has 1 atom stereocenters. The molecule has 1 aromatic rings. The van der Waals surface area contributed by atoms with Crippen molar-refractivity contribution in [3.8, 4) is 0 Å². The summed E-state index contributed by atoms with van der Waals surface area (Å²) in [6.07, 6.45) is 4.96. The molecule has 0 aliphatic carbocycles. The van der Waals surface area contributed by atoms with Crippen LogP contribution in [0.1, 0.15) is 62.8 Å². The Labute approximate surface area is 199 Å². The number of amides is 3. The van der Waals surface area contributed by atoms with Gasteiger partial charge in [0.25, 0.3) is 0 Å². The van der Waals surface area contributed by atoms with Crippen molar-refractivity contribution >= 4 is 29.4 Å². The smallest absolute Gasteiger partial charge is 0.303 e. The molecular weight excluding hydrogens is 436 g/mol. The fourth-order valence-electron chi connectivity index (χ4n) is 5.33. The molecule has 1 unspecified atom stereocenters. The zero-order valence-corrected chi connectivity index (χ0v) is 19.5. The van der Waals surface area contributed by atoms with Crippen LogP contribution in [0.15, 0.2) is 24.3 Å². The lowest BCUT2D eigenvalue weighted by atomic mass is 9.88. The maximum absolute atomic E-state index is 12.2. The molecule has 0 radical (unpaired) electrons. The Balaban J connectivity index is 1.20. The lowest BCUT2D eigenvalue weighted by Crippen LogP contribution is -2.48. The van der Waals surface area contributed by atoms with Gasteiger partial charge in [-0.05, 0) is 68.8 Å². The Morgan fingerprint density at radius 1 is 0.941 bits per heavy atom. The first-order valence-corrected chi connectivity index (χ1v) is 12.3. The number of nitrogens with one attached hydrogen (secondary N) is 2. The fraction of sp³-hybridized carbons (Fsp3) is 0.600. The number of anilines is 1. The van der Waals surface area contributed by atoms with E-state index >= 15 is 0 Å². The van der Waals surface area contributed by atoms with E-state index in [1.165, 1.54) is 5.56 Å². The molecule has 0 bridgehead atoms. The van der Waals surface area contributed by atoms with E-state index in [1.54, 1.807) is 0 Å². The molecule has 3 N–H and O–H groups in total. The highest BCUT2D eigenvalue weighted by molar-refractivity contribution is 6.01. The van der Waals surface area contributed by atoms with E-state index in [2.05, 4.69) is 27.7 Å². The summed E-state index contributed by atoms with van der Waals surface area (Å²) in [5, 5.41) is 14.4. The van der Waals surface area contributed by atoms with E-state index in [1.807, 2.05) is 17.0 Å².